The van der Waals surface area contributed by atoms with Gasteiger partial charge in [0.25, 0.3) is 0 Å². The lowest BCUT2D eigenvalue weighted by molar-refractivity contribution is 0.0696. The van der Waals surface area contributed by atoms with Crippen LogP contribution in [0.2, 0.25) is 0 Å². The van der Waals surface area contributed by atoms with E-state index < -0.39 is 11.9 Å². The second kappa shape index (κ2) is 5.93. The first-order valence-corrected chi connectivity index (χ1v) is 7.19. The molecule has 4 heteroatoms. The molecule has 0 heterocycles. The monoisotopic (exact) mass is 305 g/mol. The number of carboxylic acid groups (broad SMARTS) is 1. The van der Waals surface area contributed by atoms with Crippen LogP contribution in [0.25, 0.3) is 10.8 Å². The second-order valence-corrected chi connectivity index (χ2v) is 5.36. The summed E-state index contributed by atoms with van der Waals surface area (Å²) >= 11 is 0. The van der Waals surface area contributed by atoms with E-state index in [2.05, 4.69) is 0 Å². The van der Waals surface area contributed by atoms with E-state index in [0.29, 0.717) is 12.0 Å². The van der Waals surface area contributed by atoms with Crippen LogP contribution < -0.4 is 5.73 Å². The molecule has 0 saturated heterocycles. The van der Waals surface area contributed by atoms with E-state index in [1.807, 2.05) is 36.4 Å². The van der Waals surface area contributed by atoms with Gasteiger partial charge in [-0.2, -0.15) is 0 Å². The lowest BCUT2D eigenvalue weighted by Crippen LogP contribution is -2.14. The Morgan fingerprint density at radius 2 is 1.61 bits per heavy atom. The van der Waals surface area contributed by atoms with Gasteiger partial charge < -0.3 is 10.8 Å². The highest BCUT2D eigenvalue weighted by molar-refractivity contribution is 6.07. The summed E-state index contributed by atoms with van der Waals surface area (Å²) in [4.78, 5) is 22.8. The van der Waals surface area contributed by atoms with Gasteiger partial charge >= 0.3 is 5.97 Å². The van der Waals surface area contributed by atoms with Crippen LogP contribution in [0.4, 0.5) is 0 Å². The maximum Gasteiger partial charge on any atom is 0.335 e. The molecule has 0 fully saturated rings. The number of carboxylic acids is 1. The summed E-state index contributed by atoms with van der Waals surface area (Å²) in [5, 5.41) is 10.7. The number of primary amides is 1. The molecule has 0 bridgehead atoms. The molecule has 1 amide bonds. The number of fused-ring (bicyclic) bond motifs is 1. The van der Waals surface area contributed by atoms with Crippen molar-refractivity contribution in [3.8, 4) is 0 Å². The summed E-state index contributed by atoms with van der Waals surface area (Å²) in [5.74, 6) is -1.42. The van der Waals surface area contributed by atoms with Crippen molar-refractivity contribution >= 4 is 22.6 Å². The summed E-state index contributed by atoms with van der Waals surface area (Å²) in [6.07, 6.45) is 0.517. The fourth-order valence-corrected chi connectivity index (χ4v) is 2.74. The molecule has 0 radical (unpaired) electrons. The zero-order chi connectivity index (χ0) is 16.4. The number of nitrogens with two attached hydrogens (primary N) is 1. The molecule has 0 spiro atoms. The smallest absolute Gasteiger partial charge is 0.335 e. The van der Waals surface area contributed by atoms with Crippen molar-refractivity contribution in [1.29, 1.82) is 0 Å². The van der Waals surface area contributed by atoms with E-state index in [4.69, 9.17) is 10.8 Å². The standard InChI is InChI=1S/C19H15NO3/c20-18(21)17-15(10-9-13-3-1-2-4-16(13)17)11-12-5-7-14(8-6-12)19(22)23/h1-10H,11H2,(H2,20,21)(H,22,23). The van der Waals surface area contributed by atoms with Gasteiger partial charge in [0, 0.05) is 0 Å². The minimum atomic E-state index is -0.958. The van der Waals surface area contributed by atoms with Gasteiger partial charge in [-0.1, -0.05) is 48.5 Å². The number of aromatic carboxylic acids is 1. The summed E-state index contributed by atoms with van der Waals surface area (Å²) in [5.41, 5.74) is 8.10. The first-order chi connectivity index (χ1) is 11.1. The lowest BCUT2D eigenvalue weighted by Gasteiger charge is -2.11. The van der Waals surface area contributed by atoms with Crippen molar-refractivity contribution in [3.05, 3.63) is 82.9 Å². The van der Waals surface area contributed by atoms with Gasteiger partial charge in [-0.25, -0.2) is 4.79 Å². The summed E-state index contributed by atoms with van der Waals surface area (Å²) in [7, 11) is 0. The number of carbonyl (C=O) groups excluding carboxylic acids is 1. The summed E-state index contributed by atoms with van der Waals surface area (Å²) in [6, 6.07) is 18.1. The molecule has 3 aromatic rings. The van der Waals surface area contributed by atoms with Crippen molar-refractivity contribution in [2.45, 2.75) is 6.42 Å². The number of benzene rings is 3. The number of rotatable bonds is 4. The average Bonchev–Trinajstić information content (AvgIpc) is 2.54. The third-order valence-electron chi connectivity index (χ3n) is 3.86. The zero-order valence-corrected chi connectivity index (χ0v) is 12.3. The molecule has 0 aliphatic rings. The third kappa shape index (κ3) is 2.92. The summed E-state index contributed by atoms with van der Waals surface area (Å²) < 4.78 is 0. The first-order valence-electron chi connectivity index (χ1n) is 7.19. The van der Waals surface area contributed by atoms with Crippen molar-refractivity contribution in [1.82, 2.24) is 0 Å². The average molecular weight is 305 g/mol. The predicted molar refractivity (Wildman–Crippen MR) is 88.7 cm³/mol. The molecule has 3 N–H and O–H groups in total. The molecule has 4 nitrogen and oxygen atoms in total. The number of hydrogen-bond acceptors (Lipinski definition) is 2. The molecule has 23 heavy (non-hydrogen) atoms. The van der Waals surface area contributed by atoms with E-state index in [1.54, 1.807) is 24.3 Å². The SMILES string of the molecule is NC(=O)c1c(Cc2ccc(C(=O)O)cc2)ccc2ccccc12. The number of hydrogen-bond donors (Lipinski definition) is 2. The Labute approximate surface area is 133 Å². The number of carbonyl (C=O) groups is 2. The Morgan fingerprint density at radius 3 is 2.26 bits per heavy atom. The molecule has 3 aromatic carbocycles. The molecule has 114 valence electrons. The van der Waals surface area contributed by atoms with Crippen LogP contribution in [-0.2, 0) is 6.42 Å². The van der Waals surface area contributed by atoms with E-state index in [1.165, 1.54) is 0 Å². The third-order valence-corrected chi connectivity index (χ3v) is 3.86. The fourth-order valence-electron chi connectivity index (χ4n) is 2.74. The van der Waals surface area contributed by atoms with E-state index >= 15 is 0 Å². The molecular weight excluding hydrogens is 290 g/mol. The summed E-state index contributed by atoms with van der Waals surface area (Å²) in [6.45, 7) is 0. The van der Waals surface area contributed by atoms with Gasteiger partial charge in [0.15, 0.2) is 0 Å². The van der Waals surface area contributed by atoms with Crippen LogP contribution in [0.5, 0.6) is 0 Å². The van der Waals surface area contributed by atoms with Gasteiger partial charge in [0.1, 0.15) is 0 Å². The molecular formula is C19H15NO3. The van der Waals surface area contributed by atoms with Crippen LogP contribution in [0.3, 0.4) is 0 Å². The highest BCUT2D eigenvalue weighted by Crippen LogP contribution is 2.24. The molecule has 0 aromatic heterocycles. The van der Waals surface area contributed by atoms with E-state index in [0.717, 1.165) is 21.9 Å². The maximum atomic E-state index is 11.9. The molecule has 0 unspecified atom stereocenters. The molecule has 0 aliphatic heterocycles. The topological polar surface area (TPSA) is 80.4 Å². The first kappa shape index (κ1) is 14.8. The Morgan fingerprint density at radius 1 is 0.913 bits per heavy atom. The van der Waals surface area contributed by atoms with Crippen molar-refractivity contribution in [3.63, 3.8) is 0 Å². The van der Waals surface area contributed by atoms with Crippen molar-refractivity contribution in [2.75, 3.05) is 0 Å². The van der Waals surface area contributed by atoms with Gasteiger partial charge in [-0.3, -0.25) is 4.79 Å². The Hall–Kier alpha value is -3.14. The van der Waals surface area contributed by atoms with Crippen molar-refractivity contribution in [2.24, 2.45) is 5.73 Å². The maximum absolute atomic E-state index is 11.9. The molecule has 0 atom stereocenters. The van der Waals surface area contributed by atoms with Gasteiger partial charge in [-0.15, -0.1) is 0 Å². The van der Waals surface area contributed by atoms with Gasteiger partial charge in [0.05, 0.1) is 11.1 Å². The van der Waals surface area contributed by atoms with E-state index in [-0.39, 0.29) is 5.56 Å². The fraction of sp³-hybridized carbons (Fsp3) is 0.0526. The number of amides is 1. The minimum absolute atomic E-state index is 0.238. The highest BCUT2D eigenvalue weighted by atomic mass is 16.4. The largest absolute Gasteiger partial charge is 0.478 e. The van der Waals surface area contributed by atoms with Gasteiger partial charge in [0.2, 0.25) is 5.91 Å². The normalized spacial score (nSPS) is 10.6. The van der Waals surface area contributed by atoms with Crippen LogP contribution in [0, 0.1) is 0 Å². The zero-order valence-electron chi connectivity index (χ0n) is 12.3. The minimum Gasteiger partial charge on any atom is -0.478 e. The van der Waals surface area contributed by atoms with E-state index in [9.17, 15) is 9.59 Å². The quantitative estimate of drug-likeness (QED) is 0.776. The molecule has 3 rings (SSSR count). The Balaban J connectivity index is 2.04. The Bertz CT molecular complexity index is 898. The van der Waals surface area contributed by atoms with Gasteiger partial charge in [-0.05, 0) is 40.5 Å². The lowest BCUT2D eigenvalue weighted by atomic mass is 9.94. The Kier molecular flexibility index (Phi) is 3.81. The molecule has 0 aliphatic carbocycles. The second-order valence-electron chi connectivity index (χ2n) is 5.36. The van der Waals surface area contributed by atoms with Crippen LogP contribution >= 0.6 is 0 Å². The molecule has 0 saturated carbocycles. The highest BCUT2D eigenvalue weighted by Gasteiger charge is 2.13. The predicted octanol–water partition coefficient (Wildman–Crippen LogP) is 3.23. The van der Waals surface area contributed by atoms with Crippen LogP contribution in [0.15, 0.2) is 60.7 Å². The van der Waals surface area contributed by atoms with Crippen LogP contribution in [-0.4, -0.2) is 17.0 Å². The van der Waals surface area contributed by atoms with Crippen LogP contribution in [0.1, 0.15) is 31.8 Å². The van der Waals surface area contributed by atoms with Crippen molar-refractivity contribution < 1.29 is 14.7 Å².